The van der Waals surface area contributed by atoms with Gasteiger partial charge in [0.25, 0.3) is 0 Å². The molecule has 0 bridgehead atoms. The minimum absolute atomic E-state index is 0.251. The van der Waals surface area contributed by atoms with Crippen molar-refractivity contribution in [3.05, 3.63) is 51.4 Å². The smallest absolute Gasteiger partial charge is 0.407 e. The second-order valence-electron chi connectivity index (χ2n) is 4.73. The molecule has 134 valence electrons. The first kappa shape index (κ1) is 21.0. The predicted octanol–water partition coefficient (Wildman–Crippen LogP) is 4.00. The Kier molecular flexibility index (Phi) is 7.41. The molecule has 25 heavy (non-hydrogen) atoms. The molecule has 0 saturated heterocycles. The van der Waals surface area contributed by atoms with Crippen molar-refractivity contribution in [3.8, 4) is 11.5 Å². The van der Waals surface area contributed by atoms with Crippen LogP contribution in [-0.4, -0.2) is 31.6 Å². The Bertz CT molecular complexity index is 873. The van der Waals surface area contributed by atoms with Crippen molar-refractivity contribution >= 4 is 45.0 Å². The summed E-state index contributed by atoms with van der Waals surface area (Å²) in [5.41, 5.74) is 1.03. The van der Waals surface area contributed by atoms with Crippen LogP contribution in [0.3, 0.4) is 0 Å². The van der Waals surface area contributed by atoms with E-state index in [1.807, 2.05) is 19.0 Å². The van der Waals surface area contributed by atoms with Gasteiger partial charge in [-0.1, -0.05) is 23.2 Å². The summed E-state index contributed by atoms with van der Waals surface area (Å²) in [4.78, 5) is 4.99. The van der Waals surface area contributed by atoms with E-state index in [-0.39, 0.29) is 5.69 Å². The number of anilines is 1. The van der Waals surface area contributed by atoms with Gasteiger partial charge in [0.05, 0.1) is 11.8 Å². The number of ether oxygens (including phenoxy) is 1. The van der Waals surface area contributed by atoms with Crippen molar-refractivity contribution in [2.24, 2.45) is 0 Å². The van der Waals surface area contributed by atoms with Crippen LogP contribution in [0.2, 0.25) is 10.0 Å². The third kappa shape index (κ3) is 7.55. The normalized spacial score (nSPS) is 10.3. The van der Waals surface area contributed by atoms with Gasteiger partial charge in [-0.2, -0.15) is 0 Å². The molecule has 0 aromatic heterocycles. The second-order valence-corrected chi connectivity index (χ2v) is 6.39. The molecule has 0 unspecified atom stereocenters. The first-order chi connectivity index (χ1) is 11.5. The summed E-state index contributed by atoms with van der Waals surface area (Å²) in [5.74, 6) is 1.17. The third-order valence-corrected chi connectivity index (χ3v) is 3.21. The Labute approximate surface area is 154 Å². The molecule has 0 heterocycles. The minimum atomic E-state index is -5.17. The first-order valence-corrected chi connectivity index (χ1v) is 8.56. The summed E-state index contributed by atoms with van der Waals surface area (Å²) in [6.07, 6.45) is 0. The maximum Gasteiger partial charge on any atom is 0.407 e. The van der Waals surface area contributed by atoms with E-state index in [1.165, 1.54) is 0 Å². The average molecular weight is 405 g/mol. The van der Waals surface area contributed by atoms with Gasteiger partial charge < -0.3 is 18.7 Å². The SMILES string of the molecule is CN(C)c1cc(Cl)c([N+]#N)cc1Oc1ccc(Cl)cc1.O=S(=O)([O-])[O-]. The van der Waals surface area contributed by atoms with Gasteiger partial charge in [0.15, 0.2) is 10.7 Å². The zero-order valence-corrected chi connectivity index (χ0v) is 15.3. The molecule has 2 aromatic rings. The number of nitrogens with zero attached hydrogens (tertiary/aromatic N) is 3. The maximum atomic E-state index is 8.93. The van der Waals surface area contributed by atoms with E-state index in [4.69, 9.17) is 50.9 Å². The van der Waals surface area contributed by atoms with Crippen LogP contribution in [0.5, 0.6) is 11.5 Å². The number of halogens is 2. The molecule has 0 aliphatic heterocycles. The van der Waals surface area contributed by atoms with Gasteiger partial charge in [-0.05, 0) is 30.3 Å². The Morgan fingerprint density at radius 2 is 1.64 bits per heavy atom. The lowest BCUT2D eigenvalue weighted by molar-refractivity contribution is 0.352. The van der Waals surface area contributed by atoms with Crippen molar-refractivity contribution in [3.63, 3.8) is 0 Å². The first-order valence-electron chi connectivity index (χ1n) is 6.47. The summed E-state index contributed by atoms with van der Waals surface area (Å²) in [6, 6.07) is 10.2. The van der Waals surface area contributed by atoms with E-state index in [2.05, 4.69) is 4.98 Å². The summed E-state index contributed by atoms with van der Waals surface area (Å²) < 4.78 is 39.9. The average Bonchev–Trinajstić information content (AvgIpc) is 2.49. The lowest BCUT2D eigenvalue weighted by Gasteiger charge is -2.17. The van der Waals surface area contributed by atoms with E-state index >= 15 is 0 Å². The zero-order chi connectivity index (χ0) is 19.2. The quantitative estimate of drug-likeness (QED) is 0.430. The highest BCUT2D eigenvalue weighted by Gasteiger charge is 2.19. The molecule has 2 aromatic carbocycles. The molecular formula is C14H12Cl2N3O5S-. The third-order valence-electron chi connectivity index (χ3n) is 2.66. The van der Waals surface area contributed by atoms with Gasteiger partial charge in [0.1, 0.15) is 10.8 Å². The Balaban J connectivity index is 0.000000550. The van der Waals surface area contributed by atoms with Gasteiger partial charge in [-0.15, -0.1) is 0 Å². The molecule has 2 rings (SSSR count). The number of rotatable bonds is 3. The van der Waals surface area contributed by atoms with Gasteiger partial charge >= 0.3 is 5.69 Å². The van der Waals surface area contributed by atoms with Crippen LogP contribution < -0.4 is 9.64 Å². The maximum absolute atomic E-state index is 8.93. The van der Waals surface area contributed by atoms with Crippen molar-refractivity contribution in [1.82, 2.24) is 0 Å². The second kappa shape index (κ2) is 8.84. The molecule has 0 fully saturated rings. The van der Waals surface area contributed by atoms with Crippen LogP contribution in [0.4, 0.5) is 11.4 Å². The molecule has 11 heteroatoms. The Hall–Kier alpha value is -2.09. The van der Waals surface area contributed by atoms with Crippen molar-refractivity contribution in [1.29, 1.82) is 5.39 Å². The molecule has 0 saturated carbocycles. The molecule has 0 spiro atoms. The monoisotopic (exact) mass is 404 g/mol. The van der Waals surface area contributed by atoms with E-state index in [9.17, 15) is 0 Å². The van der Waals surface area contributed by atoms with Crippen LogP contribution >= 0.6 is 23.2 Å². The van der Waals surface area contributed by atoms with Crippen LogP contribution in [-0.2, 0) is 10.4 Å². The van der Waals surface area contributed by atoms with E-state index < -0.39 is 10.4 Å². The molecule has 0 amide bonds. The van der Waals surface area contributed by atoms with Crippen LogP contribution in [0, 0.1) is 5.39 Å². The fraction of sp³-hybridized carbons (Fsp3) is 0.143. The van der Waals surface area contributed by atoms with Crippen molar-refractivity contribution in [2.45, 2.75) is 0 Å². The molecular weight excluding hydrogens is 393 g/mol. The summed E-state index contributed by atoms with van der Waals surface area (Å²) in [7, 11) is -1.42. The van der Waals surface area contributed by atoms with Crippen molar-refractivity contribution < 1.29 is 22.3 Å². The number of benzene rings is 2. The Morgan fingerprint density at radius 1 is 1.12 bits per heavy atom. The van der Waals surface area contributed by atoms with Gasteiger partial charge in [-0.3, -0.25) is 8.42 Å². The topological polar surface area (TPSA) is 121 Å². The van der Waals surface area contributed by atoms with E-state index in [1.54, 1.807) is 36.4 Å². The molecule has 0 aliphatic carbocycles. The predicted molar refractivity (Wildman–Crippen MR) is 92.5 cm³/mol. The molecule has 0 atom stereocenters. The highest BCUT2D eigenvalue weighted by Crippen LogP contribution is 2.39. The molecule has 0 radical (unpaired) electrons. The minimum Gasteiger partial charge on any atom is -0.759 e. The van der Waals surface area contributed by atoms with E-state index in [0.717, 1.165) is 5.69 Å². The number of diazo groups is 1. The van der Waals surface area contributed by atoms with Crippen LogP contribution in [0.1, 0.15) is 0 Å². The van der Waals surface area contributed by atoms with Gasteiger partial charge in [-0.25, -0.2) is 0 Å². The highest BCUT2D eigenvalue weighted by atomic mass is 35.5. The van der Waals surface area contributed by atoms with Gasteiger partial charge in [0, 0.05) is 29.5 Å². The summed E-state index contributed by atoms with van der Waals surface area (Å²) in [5, 5.41) is 9.91. The zero-order valence-electron chi connectivity index (χ0n) is 13.0. The highest BCUT2D eigenvalue weighted by molar-refractivity contribution is 7.79. The standard InChI is InChI=1S/C14H12Cl2N3O.H2O4S/c1-19(2)13-7-11(16)12(18-17)8-14(13)20-10-5-3-9(15)4-6-10;1-5(2,3)4/h3-8H,1-2H3;(H2,1,2,3,4)/q+1;/p-2. The van der Waals surface area contributed by atoms with Gasteiger partial charge in [0.2, 0.25) is 5.39 Å². The number of hydrogen-bond donors (Lipinski definition) is 0. The van der Waals surface area contributed by atoms with Crippen molar-refractivity contribution in [2.75, 3.05) is 19.0 Å². The fourth-order valence-electron chi connectivity index (χ4n) is 1.67. The Morgan fingerprint density at radius 3 is 2.08 bits per heavy atom. The molecule has 0 aliphatic rings. The van der Waals surface area contributed by atoms with Crippen LogP contribution in [0.15, 0.2) is 36.4 Å². The lowest BCUT2D eigenvalue weighted by Crippen LogP contribution is -2.09. The fourth-order valence-corrected chi connectivity index (χ4v) is 1.99. The molecule has 0 N–H and O–H groups in total. The summed E-state index contributed by atoms with van der Waals surface area (Å²) in [6.45, 7) is 0. The van der Waals surface area contributed by atoms with E-state index in [0.29, 0.717) is 21.5 Å². The van der Waals surface area contributed by atoms with Crippen LogP contribution in [0.25, 0.3) is 4.98 Å². The largest absolute Gasteiger partial charge is 0.759 e. The summed E-state index contributed by atoms with van der Waals surface area (Å²) >= 11 is 11.9. The number of hydrogen-bond acceptors (Lipinski definition) is 7. The lowest BCUT2D eigenvalue weighted by atomic mass is 10.2. The molecule has 8 nitrogen and oxygen atoms in total.